The largest absolute Gasteiger partial charge is 0.481 e. The molecule has 116 valence electrons. The Morgan fingerprint density at radius 1 is 1.38 bits per heavy atom. The highest BCUT2D eigenvalue weighted by Crippen LogP contribution is 2.39. The number of carboxylic acid groups (broad SMARTS) is 1. The summed E-state index contributed by atoms with van der Waals surface area (Å²) in [7, 11) is 0. The fourth-order valence-electron chi connectivity index (χ4n) is 3.44. The van der Waals surface area contributed by atoms with Crippen molar-refractivity contribution in [1.29, 1.82) is 0 Å². The van der Waals surface area contributed by atoms with E-state index in [1.54, 1.807) is 11.3 Å². The molecule has 1 fully saturated rings. The topological polar surface area (TPSA) is 73.7 Å². The first kappa shape index (κ1) is 14.8. The number of hydrogen-bond acceptors (Lipinski definition) is 5. The molecular formula is C15H22N2O3S. The van der Waals surface area contributed by atoms with Crippen molar-refractivity contribution in [2.45, 2.75) is 44.4 Å². The van der Waals surface area contributed by atoms with E-state index in [9.17, 15) is 9.90 Å². The quantitative estimate of drug-likeness (QED) is 0.892. The summed E-state index contributed by atoms with van der Waals surface area (Å²) in [6, 6.07) is 0. The van der Waals surface area contributed by atoms with Crippen molar-refractivity contribution in [3.63, 3.8) is 0 Å². The molecule has 1 aliphatic carbocycles. The second-order valence-electron chi connectivity index (χ2n) is 6.05. The Labute approximate surface area is 128 Å². The van der Waals surface area contributed by atoms with Crippen LogP contribution in [0.15, 0.2) is 0 Å². The Balaban J connectivity index is 1.79. The molecule has 6 heteroatoms. The highest BCUT2D eigenvalue weighted by molar-refractivity contribution is 7.15. The number of carboxylic acids is 1. The first-order valence-electron chi connectivity index (χ1n) is 7.77. The number of aliphatic hydroxyl groups is 1. The SMILES string of the molecule is O=C(O)C1CCCc2sc(N3CCCC(CCO)C3)nc21. The molecule has 2 atom stereocenters. The molecule has 1 aromatic heterocycles. The van der Waals surface area contributed by atoms with Crippen LogP contribution in [-0.2, 0) is 11.2 Å². The second kappa shape index (κ2) is 6.32. The third kappa shape index (κ3) is 3.06. The number of aromatic nitrogens is 1. The summed E-state index contributed by atoms with van der Waals surface area (Å²) in [5.74, 6) is -0.638. The van der Waals surface area contributed by atoms with Gasteiger partial charge < -0.3 is 15.1 Å². The molecule has 21 heavy (non-hydrogen) atoms. The zero-order valence-electron chi connectivity index (χ0n) is 12.1. The van der Waals surface area contributed by atoms with Gasteiger partial charge in [-0.1, -0.05) is 0 Å². The van der Waals surface area contributed by atoms with Crippen molar-refractivity contribution < 1.29 is 15.0 Å². The number of aliphatic carboxylic acids is 1. The maximum absolute atomic E-state index is 11.4. The molecule has 0 radical (unpaired) electrons. The number of aryl methyl sites for hydroxylation is 1. The van der Waals surface area contributed by atoms with Crippen LogP contribution in [0, 0.1) is 5.92 Å². The maximum Gasteiger partial charge on any atom is 0.312 e. The van der Waals surface area contributed by atoms with Crippen LogP contribution in [0.25, 0.3) is 0 Å². The lowest BCUT2D eigenvalue weighted by Crippen LogP contribution is -2.35. The highest BCUT2D eigenvalue weighted by atomic mass is 32.1. The summed E-state index contributed by atoms with van der Waals surface area (Å²) in [5, 5.41) is 19.4. The number of nitrogens with zero attached hydrogens (tertiary/aromatic N) is 2. The minimum absolute atomic E-state index is 0.244. The molecule has 0 amide bonds. The monoisotopic (exact) mass is 310 g/mol. The predicted molar refractivity (Wildman–Crippen MR) is 82.1 cm³/mol. The molecule has 1 saturated heterocycles. The Morgan fingerprint density at radius 3 is 3.00 bits per heavy atom. The van der Waals surface area contributed by atoms with Gasteiger partial charge in [0.15, 0.2) is 5.13 Å². The average molecular weight is 310 g/mol. The fourth-order valence-corrected chi connectivity index (χ4v) is 4.64. The zero-order chi connectivity index (χ0) is 14.8. The Kier molecular flexibility index (Phi) is 4.45. The number of aliphatic hydroxyl groups excluding tert-OH is 1. The van der Waals surface area contributed by atoms with Crippen LogP contribution in [0.4, 0.5) is 5.13 Å². The van der Waals surface area contributed by atoms with E-state index in [-0.39, 0.29) is 6.61 Å². The van der Waals surface area contributed by atoms with Crippen LogP contribution in [-0.4, -0.2) is 40.9 Å². The molecule has 1 aliphatic heterocycles. The standard InChI is InChI=1S/C15H22N2O3S/c18-8-6-10-3-2-7-17(9-10)15-16-13-11(14(19)20)4-1-5-12(13)21-15/h10-11,18H,1-9H2,(H,19,20). The van der Waals surface area contributed by atoms with Gasteiger partial charge in [0.05, 0.1) is 5.69 Å². The molecule has 2 heterocycles. The number of fused-ring (bicyclic) bond motifs is 1. The minimum atomic E-state index is -0.746. The fraction of sp³-hybridized carbons (Fsp3) is 0.733. The van der Waals surface area contributed by atoms with E-state index in [0.717, 1.165) is 54.5 Å². The van der Waals surface area contributed by atoms with Gasteiger partial charge in [-0.15, -0.1) is 11.3 Å². The molecule has 1 aromatic rings. The smallest absolute Gasteiger partial charge is 0.312 e. The van der Waals surface area contributed by atoms with Gasteiger partial charge in [0.2, 0.25) is 0 Å². The molecular weight excluding hydrogens is 288 g/mol. The summed E-state index contributed by atoms with van der Waals surface area (Å²) in [4.78, 5) is 19.5. The number of anilines is 1. The van der Waals surface area contributed by atoms with E-state index in [2.05, 4.69) is 9.88 Å². The summed E-state index contributed by atoms with van der Waals surface area (Å²) in [5.41, 5.74) is 0.804. The van der Waals surface area contributed by atoms with Gasteiger partial charge >= 0.3 is 5.97 Å². The van der Waals surface area contributed by atoms with E-state index in [1.807, 2.05) is 0 Å². The van der Waals surface area contributed by atoms with Crippen LogP contribution in [0.3, 0.4) is 0 Å². The Hall–Kier alpha value is -1.14. The van der Waals surface area contributed by atoms with Crippen LogP contribution in [0.5, 0.6) is 0 Å². The third-order valence-corrected chi connectivity index (χ3v) is 5.76. The van der Waals surface area contributed by atoms with Gasteiger partial charge in [-0.3, -0.25) is 4.79 Å². The molecule has 2 N–H and O–H groups in total. The maximum atomic E-state index is 11.4. The molecule has 0 saturated carbocycles. The van der Waals surface area contributed by atoms with Gasteiger partial charge in [-0.05, 0) is 44.4 Å². The lowest BCUT2D eigenvalue weighted by Gasteiger charge is -2.32. The number of piperidine rings is 1. The zero-order valence-corrected chi connectivity index (χ0v) is 12.9. The lowest BCUT2D eigenvalue weighted by atomic mass is 9.91. The average Bonchev–Trinajstić information content (AvgIpc) is 2.91. The van der Waals surface area contributed by atoms with E-state index in [0.29, 0.717) is 12.3 Å². The molecule has 0 bridgehead atoms. The molecule has 2 aliphatic rings. The lowest BCUT2D eigenvalue weighted by molar-refractivity contribution is -0.139. The third-order valence-electron chi connectivity index (χ3n) is 4.57. The summed E-state index contributed by atoms with van der Waals surface area (Å²) < 4.78 is 0. The molecule has 0 aromatic carbocycles. The molecule has 0 spiro atoms. The van der Waals surface area contributed by atoms with Gasteiger partial charge in [-0.2, -0.15) is 0 Å². The highest BCUT2D eigenvalue weighted by Gasteiger charge is 2.31. The summed E-state index contributed by atoms with van der Waals surface area (Å²) in [6.07, 6.45) is 5.75. The van der Waals surface area contributed by atoms with E-state index in [1.165, 1.54) is 6.42 Å². The number of hydrogen-bond donors (Lipinski definition) is 2. The molecule has 3 rings (SSSR count). The van der Waals surface area contributed by atoms with Crippen molar-refractivity contribution in [2.24, 2.45) is 5.92 Å². The number of carbonyl (C=O) groups is 1. The van der Waals surface area contributed by atoms with Crippen LogP contribution >= 0.6 is 11.3 Å². The van der Waals surface area contributed by atoms with Crippen molar-refractivity contribution in [2.75, 3.05) is 24.6 Å². The van der Waals surface area contributed by atoms with Crippen LogP contribution in [0.2, 0.25) is 0 Å². The normalized spacial score (nSPS) is 25.7. The van der Waals surface area contributed by atoms with Gasteiger partial charge in [-0.25, -0.2) is 4.98 Å². The van der Waals surface area contributed by atoms with Crippen molar-refractivity contribution >= 4 is 22.4 Å². The second-order valence-corrected chi connectivity index (χ2v) is 7.12. The van der Waals surface area contributed by atoms with Gasteiger partial charge in [0, 0.05) is 24.6 Å². The van der Waals surface area contributed by atoms with Crippen LogP contribution in [0.1, 0.15) is 48.6 Å². The van der Waals surface area contributed by atoms with Crippen molar-refractivity contribution in [3.8, 4) is 0 Å². The van der Waals surface area contributed by atoms with Gasteiger partial charge in [0.1, 0.15) is 5.92 Å². The number of thiazole rings is 1. The summed E-state index contributed by atoms with van der Waals surface area (Å²) >= 11 is 1.67. The molecule has 2 unspecified atom stereocenters. The number of rotatable bonds is 4. The summed E-state index contributed by atoms with van der Waals surface area (Å²) in [6.45, 7) is 2.17. The predicted octanol–water partition coefficient (Wildman–Crippen LogP) is 2.25. The first-order valence-corrected chi connectivity index (χ1v) is 8.59. The van der Waals surface area contributed by atoms with E-state index >= 15 is 0 Å². The first-order chi connectivity index (χ1) is 10.2. The van der Waals surface area contributed by atoms with Crippen LogP contribution < -0.4 is 4.90 Å². The Morgan fingerprint density at radius 2 is 2.24 bits per heavy atom. The minimum Gasteiger partial charge on any atom is -0.481 e. The Bertz CT molecular complexity index is 515. The van der Waals surface area contributed by atoms with E-state index in [4.69, 9.17) is 5.11 Å². The molecule has 5 nitrogen and oxygen atoms in total. The van der Waals surface area contributed by atoms with Gasteiger partial charge in [0.25, 0.3) is 0 Å². The van der Waals surface area contributed by atoms with Crippen molar-refractivity contribution in [1.82, 2.24) is 4.98 Å². The van der Waals surface area contributed by atoms with E-state index < -0.39 is 11.9 Å². The van der Waals surface area contributed by atoms with Crippen molar-refractivity contribution in [3.05, 3.63) is 10.6 Å².